The van der Waals surface area contributed by atoms with E-state index < -0.39 is 0 Å². The first-order valence-corrected chi connectivity index (χ1v) is 9.41. The number of nitrogens with one attached hydrogen (secondary N) is 2. The largest absolute Gasteiger partial charge is 0.356 e. The van der Waals surface area contributed by atoms with Crippen molar-refractivity contribution >= 4 is 18.3 Å². The highest BCUT2D eigenvalue weighted by Crippen LogP contribution is 2.19. The van der Waals surface area contributed by atoms with Gasteiger partial charge in [0.2, 0.25) is 17.6 Å². The van der Waals surface area contributed by atoms with E-state index >= 15 is 0 Å². The summed E-state index contributed by atoms with van der Waals surface area (Å²) in [6.07, 6.45) is 1.63. The van der Waals surface area contributed by atoms with Crippen molar-refractivity contribution in [3.05, 3.63) is 35.5 Å². The van der Waals surface area contributed by atoms with E-state index in [1.165, 1.54) is 6.07 Å². The highest BCUT2D eigenvalue weighted by Gasteiger charge is 2.12. The SMILES string of the molecule is Cc1cc(-c2noc(CCC(=O)NCCCN3CCNCC3)n2)ccc1F.Cl. The van der Waals surface area contributed by atoms with Gasteiger partial charge in [-0.15, -0.1) is 12.4 Å². The lowest BCUT2D eigenvalue weighted by molar-refractivity contribution is -0.121. The minimum atomic E-state index is -0.268. The normalized spacial score (nSPS) is 14.5. The zero-order valence-electron chi connectivity index (χ0n) is 16.0. The molecule has 1 aliphatic rings. The summed E-state index contributed by atoms with van der Waals surface area (Å²) in [4.78, 5) is 18.7. The minimum absolute atomic E-state index is 0. The van der Waals surface area contributed by atoms with Gasteiger partial charge < -0.3 is 20.1 Å². The Morgan fingerprint density at radius 1 is 1.36 bits per heavy atom. The van der Waals surface area contributed by atoms with Gasteiger partial charge in [0, 0.05) is 51.1 Å². The fraction of sp³-hybridized carbons (Fsp3) is 0.526. The van der Waals surface area contributed by atoms with Gasteiger partial charge in [0.05, 0.1) is 0 Å². The first-order valence-electron chi connectivity index (χ1n) is 9.41. The summed E-state index contributed by atoms with van der Waals surface area (Å²) in [7, 11) is 0. The quantitative estimate of drug-likeness (QED) is 0.646. The van der Waals surface area contributed by atoms with Gasteiger partial charge in [0.15, 0.2) is 0 Å². The summed E-state index contributed by atoms with van der Waals surface area (Å²) in [5.41, 5.74) is 1.22. The Balaban J connectivity index is 0.00000280. The van der Waals surface area contributed by atoms with E-state index in [4.69, 9.17) is 4.52 Å². The van der Waals surface area contributed by atoms with Crippen LogP contribution in [0.2, 0.25) is 0 Å². The molecule has 2 N–H and O–H groups in total. The predicted molar refractivity (Wildman–Crippen MR) is 107 cm³/mol. The third-order valence-corrected chi connectivity index (χ3v) is 4.63. The number of hydrogen-bond donors (Lipinski definition) is 2. The first-order chi connectivity index (χ1) is 13.1. The average Bonchev–Trinajstić information content (AvgIpc) is 3.16. The van der Waals surface area contributed by atoms with E-state index in [0.29, 0.717) is 42.2 Å². The fourth-order valence-corrected chi connectivity index (χ4v) is 3.03. The number of amides is 1. The maximum atomic E-state index is 13.3. The number of benzene rings is 1. The average molecular weight is 412 g/mol. The van der Waals surface area contributed by atoms with Crippen molar-refractivity contribution in [2.24, 2.45) is 0 Å². The molecule has 1 aromatic carbocycles. The molecular weight excluding hydrogens is 385 g/mol. The molecule has 3 rings (SSSR count). The van der Waals surface area contributed by atoms with E-state index in [0.717, 1.165) is 39.1 Å². The zero-order valence-corrected chi connectivity index (χ0v) is 16.9. The summed E-state index contributed by atoms with van der Waals surface area (Å²) in [5.74, 6) is 0.524. The number of carbonyl (C=O) groups excluding carboxylic acids is 1. The number of carbonyl (C=O) groups is 1. The van der Waals surface area contributed by atoms with Crippen LogP contribution in [0.5, 0.6) is 0 Å². The molecule has 2 heterocycles. The molecule has 0 aliphatic carbocycles. The minimum Gasteiger partial charge on any atom is -0.356 e. The van der Waals surface area contributed by atoms with Crippen LogP contribution < -0.4 is 10.6 Å². The van der Waals surface area contributed by atoms with Gasteiger partial charge >= 0.3 is 0 Å². The molecule has 154 valence electrons. The predicted octanol–water partition coefficient (Wildman–Crippen LogP) is 1.95. The molecule has 1 aromatic heterocycles. The van der Waals surface area contributed by atoms with Crippen LogP contribution in [0.15, 0.2) is 22.7 Å². The lowest BCUT2D eigenvalue weighted by Gasteiger charge is -2.27. The van der Waals surface area contributed by atoms with Gasteiger partial charge in [-0.2, -0.15) is 4.98 Å². The number of halogens is 2. The van der Waals surface area contributed by atoms with E-state index in [1.807, 2.05) is 0 Å². The van der Waals surface area contributed by atoms with Crippen LogP contribution in [0.25, 0.3) is 11.4 Å². The molecule has 2 aromatic rings. The van der Waals surface area contributed by atoms with E-state index in [-0.39, 0.29) is 24.1 Å². The summed E-state index contributed by atoms with van der Waals surface area (Å²) in [6.45, 7) is 7.58. The van der Waals surface area contributed by atoms with E-state index in [2.05, 4.69) is 25.7 Å². The summed E-state index contributed by atoms with van der Waals surface area (Å²) in [6, 6.07) is 4.67. The first kappa shape index (κ1) is 22.3. The van der Waals surface area contributed by atoms with Crippen molar-refractivity contribution < 1.29 is 13.7 Å². The maximum Gasteiger partial charge on any atom is 0.227 e. The second-order valence-electron chi connectivity index (χ2n) is 6.77. The van der Waals surface area contributed by atoms with Crippen LogP contribution in [-0.4, -0.2) is 60.2 Å². The lowest BCUT2D eigenvalue weighted by atomic mass is 10.1. The Hall–Kier alpha value is -2.03. The van der Waals surface area contributed by atoms with Crippen molar-refractivity contribution in [3.8, 4) is 11.4 Å². The van der Waals surface area contributed by atoms with Crippen molar-refractivity contribution in [1.82, 2.24) is 25.7 Å². The molecule has 0 saturated carbocycles. The number of nitrogens with zero attached hydrogens (tertiary/aromatic N) is 3. The number of aromatic nitrogens is 2. The summed E-state index contributed by atoms with van der Waals surface area (Å²) in [5, 5.41) is 10.2. The van der Waals surface area contributed by atoms with Gasteiger partial charge in [0.25, 0.3) is 0 Å². The molecule has 1 aliphatic heterocycles. The Morgan fingerprint density at radius 3 is 2.89 bits per heavy atom. The molecular formula is C19H27ClFN5O2. The number of aryl methyl sites for hydroxylation is 2. The number of rotatable bonds is 8. The molecule has 1 saturated heterocycles. The van der Waals surface area contributed by atoms with Gasteiger partial charge in [-0.1, -0.05) is 5.16 Å². The van der Waals surface area contributed by atoms with Gasteiger partial charge in [-0.25, -0.2) is 4.39 Å². The van der Waals surface area contributed by atoms with E-state index in [9.17, 15) is 9.18 Å². The molecule has 0 bridgehead atoms. The van der Waals surface area contributed by atoms with Crippen molar-refractivity contribution in [2.45, 2.75) is 26.2 Å². The zero-order chi connectivity index (χ0) is 19.1. The smallest absolute Gasteiger partial charge is 0.227 e. The third kappa shape index (κ3) is 6.54. The Bertz CT molecular complexity index is 765. The third-order valence-electron chi connectivity index (χ3n) is 4.63. The molecule has 28 heavy (non-hydrogen) atoms. The molecule has 1 amide bonds. The molecule has 9 heteroatoms. The van der Waals surface area contributed by atoms with Crippen LogP contribution in [0, 0.1) is 12.7 Å². The summed E-state index contributed by atoms with van der Waals surface area (Å²) >= 11 is 0. The van der Waals surface area contributed by atoms with Crippen molar-refractivity contribution in [3.63, 3.8) is 0 Å². The van der Waals surface area contributed by atoms with E-state index in [1.54, 1.807) is 19.1 Å². The van der Waals surface area contributed by atoms with Crippen LogP contribution >= 0.6 is 12.4 Å². The van der Waals surface area contributed by atoms with Gasteiger partial charge in [-0.05, 0) is 43.7 Å². The highest BCUT2D eigenvalue weighted by molar-refractivity contribution is 5.85. The molecule has 7 nitrogen and oxygen atoms in total. The monoisotopic (exact) mass is 411 g/mol. The van der Waals surface area contributed by atoms with Crippen LogP contribution in [0.4, 0.5) is 4.39 Å². The van der Waals surface area contributed by atoms with Gasteiger partial charge in [0.1, 0.15) is 5.82 Å². The van der Waals surface area contributed by atoms with Crippen LogP contribution in [0.3, 0.4) is 0 Å². The second kappa shape index (κ2) is 11.1. The fourth-order valence-electron chi connectivity index (χ4n) is 3.03. The standard InChI is InChI=1S/C19H26FN5O2.ClH/c1-14-13-15(3-4-16(14)20)19-23-18(27-24-19)6-5-17(26)22-7-2-10-25-11-8-21-9-12-25;/h3-4,13,21H,2,5-12H2,1H3,(H,22,26);1H. The Kier molecular flexibility index (Phi) is 8.82. The maximum absolute atomic E-state index is 13.3. The van der Waals surface area contributed by atoms with Crippen LogP contribution in [0.1, 0.15) is 24.3 Å². The molecule has 0 unspecified atom stereocenters. The molecule has 0 radical (unpaired) electrons. The van der Waals surface area contributed by atoms with Crippen molar-refractivity contribution in [1.29, 1.82) is 0 Å². The number of piperazine rings is 1. The topological polar surface area (TPSA) is 83.3 Å². The number of hydrogen-bond acceptors (Lipinski definition) is 6. The Morgan fingerprint density at radius 2 is 2.14 bits per heavy atom. The molecule has 0 atom stereocenters. The van der Waals surface area contributed by atoms with Gasteiger partial charge in [-0.3, -0.25) is 4.79 Å². The lowest BCUT2D eigenvalue weighted by Crippen LogP contribution is -2.44. The summed E-state index contributed by atoms with van der Waals surface area (Å²) < 4.78 is 18.5. The Labute approximate surface area is 170 Å². The second-order valence-corrected chi connectivity index (χ2v) is 6.77. The highest BCUT2D eigenvalue weighted by atomic mass is 35.5. The molecule has 1 fully saturated rings. The van der Waals surface area contributed by atoms with Crippen molar-refractivity contribution in [2.75, 3.05) is 39.3 Å². The van der Waals surface area contributed by atoms with Crippen LogP contribution in [-0.2, 0) is 11.2 Å². The molecule has 0 spiro atoms.